The molecule has 0 radical (unpaired) electrons. The van der Waals surface area contributed by atoms with Crippen LogP contribution in [-0.4, -0.2) is 39.6 Å². The van der Waals surface area contributed by atoms with E-state index in [9.17, 15) is 8.42 Å². The Hall–Kier alpha value is -2.34. The molecule has 3 rings (SSSR count). The van der Waals surface area contributed by atoms with Gasteiger partial charge in [-0.1, -0.05) is 11.6 Å². The van der Waals surface area contributed by atoms with Crippen molar-refractivity contribution in [2.24, 2.45) is 5.14 Å². The zero-order chi connectivity index (χ0) is 18.0. The van der Waals surface area contributed by atoms with Gasteiger partial charge in [0.25, 0.3) is 0 Å². The predicted molar refractivity (Wildman–Crippen MR) is 96.2 cm³/mol. The highest BCUT2D eigenvalue weighted by Crippen LogP contribution is 2.26. The molecule has 1 saturated heterocycles. The highest BCUT2D eigenvalue weighted by Gasteiger charge is 2.20. The number of aromatic nitrogens is 1. The number of primary sulfonamides is 1. The van der Waals surface area contributed by atoms with E-state index in [0.29, 0.717) is 16.4 Å². The Bertz CT molecular complexity index is 917. The molecule has 130 valence electrons. The average Bonchev–Trinajstić information content (AvgIpc) is 2.61. The van der Waals surface area contributed by atoms with Crippen molar-refractivity contribution in [3.63, 3.8) is 0 Å². The van der Waals surface area contributed by atoms with Crippen LogP contribution in [0.3, 0.4) is 0 Å². The van der Waals surface area contributed by atoms with Crippen LogP contribution in [0.25, 0.3) is 0 Å². The van der Waals surface area contributed by atoms with Crippen molar-refractivity contribution >= 4 is 33.1 Å². The molecular formula is C16H16ClN5O2S. The van der Waals surface area contributed by atoms with Crippen molar-refractivity contribution in [2.45, 2.75) is 4.90 Å². The predicted octanol–water partition coefficient (Wildman–Crippen LogP) is 1.58. The van der Waals surface area contributed by atoms with Gasteiger partial charge in [0, 0.05) is 38.1 Å². The summed E-state index contributed by atoms with van der Waals surface area (Å²) in [6.45, 7) is 2.92. The Kier molecular flexibility index (Phi) is 4.81. The fraction of sp³-hybridized carbons (Fsp3) is 0.250. The van der Waals surface area contributed by atoms with Gasteiger partial charge in [0.05, 0.1) is 15.5 Å². The van der Waals surface area contributed by atoms with Gasteiger partial charge in [-0.3, -0.25) is 0 Å². The van der Waals surface area contributed by atoms with Crippen molar-refractivity contribution in [1.29, 1.82) is 5.26 Å². The Morgan fingerprint density at radius 1 is 1.12 bits per heavy atom. The monoisotopic (exact) mass is 377 g/mol. The zero-order valence-electron chi connectivity index (χ0n) is 13.3. The molecule has 0 spiro atoms. The standard InChI is InChI=1S/C16H16ClN5O2S/c17-15-9-12(10-18)11-20-16(15)22-7-5-21(6-8-22)13-1-3-14(4-2-13)25(19,23)24/h1-4,9,11H,5-8H2,(H2,19,23,24). The summed E-state index contributed by atoms with van der Waals surface area (Å²) in [4.78, 5) is 8.60. The summed E-state index contributed by atoms with van der Waals surface area (Å²) in [5.74, 6) is 0.671. The minimum atomic E-state index is -3.68. The summed E-state index contributed by atoms with van der Waals surface area (Å²) < 4.78 is 22.6. The molecule has 9 heteroatoms. The Balaban J connectivity index is 1.69. The van der Waals surface area contributed by atoms with E-state index >= 15 is 0 Å². The first kappa shape index (κ1) is 17.5. The van der Waals surface area contributed by atoms with E-state index in [1.165, 1.54) is 18.3 Å². The van der Waals surface area contributed by atoms with Crippen LogP contribution in [0.5, 0.6) is 0 Å². The molecule has 1 aromatic carbocycles. The third-order valence-electron chi connectivity index (χ3n) is 4.06. The second-order valence-electron chi connectivity index (χ2n) is 5.65. The number of halogens is 1. The van der Waals surface area contributed by atoms with E-state index in [0.717, 1.165) is 31.9 Å². The van der Waals surface area contributed by atoms with E-state index in [-0.39, 0.29) is 4.90 Å². The maximum absolute atomic E-state index is 11.3. The zero-order valence-corrected chi connectivity index (χ0v) is 14.8. The first-order valence-electron chi connectivity index (χ1n) is 7.57. The van der Waals surface area contributed by atoms with Crippen LogP contribution in [0.15, 0.2) is 41.4 Å². The molecule has 0 unspecified atom stereocenters. The maximum atomic E-state index is 11.3. The molecule has 1 aliphatic rings. The number of hydrogen-bond donors (Lipinski definition) is 1. The molecule has 25 heavy (non-hydrogen) atoms. The van der Waals surface area contributed by atoms with E-state index in [1.54, 1.807) is 18.2 Å². The second kappa shape index (κ2) is 6.88. The van der Waals surface area contributed by atoms with Crippen LogP contribution in [0, 0.1) is 11.3 Å². The van der Waals surface area contributed by atoms with Gasteiger partial charge in [-0.05, 0) is 30.3 Å². The molecular weight excluding hydrogens is 362 g/mol. The quantitative estimate of drug-likeness (QED) is 0.870. The summed E-state index contributed by atoms with van der Waals surface area (Å²) in [7, 11) is -3.68. The van der Waals surface area contributed by atoms with Gasteiger partial charge in [-0.15, -0.1) is 0 Å². The van der Waals surface area contributed by atoms with Crippen LogP contribution in [0.4, 0.5) is 11.5 Å². The van der Waals surface area contributed by atoms with Crippen molar-refractivity contribution in [1.82, 2.24) is 4.98 Å². The molecule has 2 N–H and O–H groups in total. The molecule has 2 aromatic rings. The number of sulfonamides is 1. The molecule has 0 atom stereocenters. The van der Waals surface area contributed by atoms with Gasteiger partial charge in [-0.25, -0.2) is 18.5 Å². The highest BCUT2D eigenvalue weighted by atomic mass is 35.5. The lowest BCUT2D eigenvalue weighted by Crippen LogP contribution is -2.47. The van der Waals surface area contributed by atoms with E-state index in [4.69, 9.17) is 22.0 Å². The van der Waals surface area contributed by atoms with Crippen molar-refractivity contribution in [2.75, 3.05) is 36.0 Å². The number of hydrogen-bond acceptors (Lipinski definition) is 6. The highest BCUT2D eigenvalue weighted by molar-refractivity contribution is 7.89. The summed E-state index contributed by atoms with van der Waals surface area (Å²) >= 11 is 6.22. The van der Waals surface area contributed by atoms with Gasteiger partial charge < -0.3 is 9.80 Å². The molecule has 0 bridgehead atoms. The largest absolute Gasteiger partial charge is 0.368 e. The molecule has 1 fully saturated rings. The lowest BCUT2D eigenvalue weighted by molar-refractivity contribution is 0.597. The first-order chi connectivity index (χ1) is 11.9. The SMILES string of the molecule is N#Cc1cnc(N2CCN(c3ccc(S(N)(=O)=O)cc3)CC2)c(Cl)c1. The number of nitrogens with zero attached hydrogens (tertiary/aromatic N) is 4. The molecule has 0 aliphatic carbocycles. The molecule has 1 aliphatic heterocycles. The lowest BCUT2D eigenvalue weighted by Gasteiger charge is -2.37. The van der Waals surface area contributed by atoms with E-state index in [1.807, 2.05) is 6.07 Å². The third-order valence-corrected chi connectivity index (χ3v) is 5.27. The summed E-state index contributed by atoms with van der Waals surface area (Å²) in [6, 6.07) is 10.2. The molecule has 2 heterocycles. The normalized spacial score (nSPS) is 15.1. The third kappa shape index (κ3) is 3.85. The summed E-state index contributed by atoms with van der Waals surface area (Å²) in [5.41, 5.74) is 1.37. The van der Waals surface area contributed by atoms with Crippen LogP contribution >= 0.6 is 11.6 Å². The maximum Gasteiger partial charge on any atom is 0.238 e. The van der Waals surface area contributed by atoms with Crippen molar-refractivity contribution < 1.29 is 8.42 Å². The van der Waals surface area contributed by atoms with Crippen LogP contribution < -0.4 is 14.9 Å². The Morgan fingerprint density at radius 2 is 1.72 bits per heavy atom. The minimum absolute atomic E-state index is 0.100. The lowest BCUT2D eigenvalue weighted by atomic mass is 10.2. The van der Waals surface area contributed by atoms with Gasteiger partial charge in [-0.2, -0.15) is 5.26 Å². The van der Waals surface area contributed by atoms with Gasteiger partial charge >= 0.3 is 0 Å². The molecule has 1 aromatic heterocycles. The van der Waals surface area contributed by atoms with E-state index < -0.39 is 10.0 Å². The number of benzene rings is 1. The summed E-state index contributed by atoms with van der Waals surface area (Å²) in [5, 5.41) is 14.5. The Labute approximate surface area is 151 Å². The average molecular weight is 378 g/mol. The van der Waals surface area contributed by atoms with E-state index in [2.05, 4.69) is 14.8 Å². The number of anilines is 2. The van der Waals surface area contributed by atoms with Crippen LogP contribution in [0.1, 0.15) is 5.56 Å². The topological polar surface area (TPSA) is 103 Å². The van der Waals surface area contributed by atoms with Crippen molar-refractivity contribution in [3.05, 3.63) is 47.1 Å². The fourth-order valence-corrected chi connectivity index (χ4v) is 3.55. The van der Waals surface area contributed by atoms with Crippen molar-refractivity contribution in [3.8, 4) is 6.07 Å². The van der Waals surface area contributed by atoms with Gasteiger partial charge in [0.2, 0.25) is 10.0 Å². The number of nitriles is 1. The molecule has 7 nitrogen and oxygen atoms in total. The first-order valence-corrected chi connectivity index (χ1v) is 9.49. The number of rotatable bonds is 3. The van der Waals surface area contributed by atoms with Crippen LogP contribution in [-0.2, 0) is 10.0 Å². The second-order valence-corrected chi connectivity index (χ2v) is 7.62. The van der Waals surface area contributed by atoms with Gasteiger partial charge in [0.15, 0.2) is 0 Å². The Morgan fingerprint density at radius 3 is 2.24 bits per heavy atom. The fourth-order valence-electron chi connectivity index (χ4n) is 2.75. The smallest absolute Gasteiger partial charge is 0.238 e. The number of piperazine rings is 1. The minimum Gasteiger partial charge on any atom is -0.368 e. The summed E-state index contributed by atoms with van der Waals surface area (Å²) in [6.07, 6.45) is 1.51. The molecule has 0 amide bonds. The molecule has 0 saturated carbocycles. The van der Waals surface area contributed by atoms with Crippen LogP contribution in [0.2, 0.25) is 5.02 Å². The van der Waals surface area contributed by atoms with Gasteiger partial charge in [0.1, 0.15) is 11.9 Å². The number of pyridine rings is 1. The number of nitrogens with two attached hydrogens (primary N) is 1.